The van der Waals surface area contributed by atoms with Crippen LogP contribution in [0.15, 0.2) is 42.0 Å². The van der Waals surface area contributed by atoms with E-state index in [2.05, 4.69) is 42.7 Å². The number of anilines is 1. The van der Waals surface area contributed by atoms with Crippen LogP contribution in [0.1, 0.15) is 47.8 Å². The average molecular weight is 464 g/mol. The van der Waals surface area contributed by atoms with Crippen LogP contribution < -0.4 is 14.3 Å². The van der Waals surface area contributed by atoms with Gasteiger partial charge >= 0.3 is 5.82 Å². The Labute approximate surface area is 196 Å². The van der Waals surface area contributed by atoms with Crippen LogP contribution in [0.5, 0.6) is 5.75 Å². The summed E-state index contributed by atoms with van der Waals surface area (Å²) >= 11 is 1.73. The van der Waals surface area contributed by atoms with Crippen molar-refractivity contribution in [2.45, 2.75) is 45.6 Å². The highest BCUT2D eigenvalue weighted by molar-refractivity contribution is 7.09. The standard InChI is InChI=1S/C23H26N8OS/c1-3-17-12-24-23(25-13-17)30-10-8-18(9-11-30)22-26-19(15-33-22)14-32-21-6-4-20(5-7-21)31-16(2)27-28-29-31/h4-7,12-13,15,18H,3,8-11,14H2,1-2H3/p+1. The SMILES string of the molecule is CCc1cnc(N2CCC(c3nc(COc4ccc(-[n+]5[nH]nnc5C)cc4)cs3)CC2)nc1. The Morgan fingerprint density at radius 3 is 2.58 bits per heavy atom. The maximum absolute atomic E-state index is 5.96. The molecule has 0 bridgehead atoms. The van der Waals surface area contributed by atoms with Gasteiger partial charge in [-0.15, -0.1) is 16.0 Å². The molecule has 0 atom stereocenters. The maximum atomic E-state index is 5.96. The molecule has 9 nitrogen and oxygen atoms in total. The van der Waals surface area contributed by atoms with Gasteiger partial charge in [0.25, 0.3) is 0 Å². The van der Waals surface area contributed by atoms with E-state index in [1.165, 1.54) is 10.6 Å². The number of aryl methyl sites for hydroxylation is 2. The lowest BCUT2D eigenvalue weighted by molar-refractivity contribution is -0.666. The van der Waals surface area contributed by atoms with Crippen LogP contribution in [-0.4, -0.2) is 43.6 Å². The summed E-state index contributed by atoms with van der Waals surface area (Å²) in [6.45, 7) is 6.39. The number of H-pyrrole nitrogens is 1. The Bertz CT molecular complexity index is 1180. The molecule has 1 N–H and O–H groups in total. The first-order chi connectivity index (χ1) is 16.2. The molecule has 0 aliphatic carbocycles. The zero-order chi connectivity index (χ0) is 22.6. The lowest BCUT2D eigenvalue weighted by Gasteiger charge is -2.31. The zero-order valence-electron chi connectivity index (χ0n) is 18.8. The first-order valence-corrected chi connectivity index (χ1v) is 12.1. The molecule has 10 heteroatoms. The van der Waals surface area contributed by atoms with Gasteiger partial charge in [-0.1, -0.05) is 12.1 Å². The molecule has 1 saturated heterocycles. The van der Waals surface area contributed by atoms with Crippen LogP contribution in [-0.2, 0) is 13.0 Å². The van der Waals surface area contributed by atoms with Gasteiger partial charge in [0.1, 0.15) is 23.1 Å². The number of hydrogen-bond acceptors (Lipinski definition) is 8. The third-order valence-corrected chi connectivity index (χ3v) is 7.00. The van der Waals surface area contributed by atoms with E-state index >= 15 is 0 Å². The Hall–Kier alpha value is -3.40. The molecule has 4 aromatic rings. The van der Waals surface area contributed by atoms with Crippen LogP contribution in [0.4, 0.5) is 5.95 Å². The Balaban J connectivity index is 1.13. The fourth-order valence-electron chi connectivity index (χ4n) is 3.95. The molecule has 170 valence electrons. The average Bonchev–Trinajstić information content (AvgIpc) is 3.52. The van der Waals surface area contributed by atoms with Gasteiger partial charge in [-0.05, 0) is 49.1 Å². The minimum absolute atomic E-state index is 0.462. The number of aromatic amines is 1. The second-order valence-corrected chi connectivity index (χ2v) is 9.04. The second kappa shape index (κ2) is 9.62. The number of nitrogens with one attached hydrogen (secondary N) is 1. The minimum Gasteiger partial charge on any atom is -0.487 e. The van der Waals surface area contributed by atoms with Crippen molar-refractivity contribution >= 4 is 17.3 Å². The smallest absolute Gasteiger partial charge is 0.302 e. The van der Waals surface area contributed by atoms with Crippen molar-refractivity contribution in [3.8, 4) is 11.4 Å². The van der Waals surface area contributed by atoms with Crippen molar-refractivity contribution < 1.29 is 9.42 Å². The predicted molar refractivity (Wildman–Crippen MR) is 125 cm³/mol. The minimum atomic E-state index is 0.462. The zero-order valence-corrected chi connectivity index (χ0v) is 19.6. The van der Waals surface area contributed by atoms with Crippen LogP contribution in [0.2, 0.25) is 0 Å². The molecule has 1 aromatic carbocycles. The second-order valence-electron chi connectivity index (χ2n) is 8.15. The molecule has 1 aliphatic rings. The quantitative estimate of drug-likeness (QED) is 0.421. The highest BCUT2D eigenvalue weighted by Crippen LogP contribution is 2.31. The van der Waals surface area contributed by atoms with Crippen molar-refractivity contribution in [1.29, 1.82) is 0 Å². The van der Waals surface area contributed by atoms with Crippen LogP contribution in [0, 0.1) is 6.92 Å². The molecule has 0 radical (unpaired) electrons. The molecule has 1 aliphatic heterocycles. The largest absolute Gasteiger partial charge is 0.487 e. The van der Waals surface area contributed by atoms with Gasteiger partial charge in [0.15, 0.2) is 5.21 Å². The predicted octanol–water partition coefficient (Wildman–Crippen LogP) is 3.16. The van der Waals surface area contributed by atoms with Crippen molar-refractivity contribution in [1.82, 2.24) is 30.5 Å². The van der Waals surface area contributed by atoms with Crippen LogP contribution in [0.25, 0.3) is 5.69 Å². The van der Waals surface area contributed by atoms with Gasteiger partial charge in [0.05, 0.1) is 10.7 Å². The summed E-state index contributed by atoms with van der Waals surface area (Å²) in [4.78, 5) is 16.2. The van der Waals surface area contributed by atoms with E-state index in [9.17, 15) is 0 Å². The normalized spacial score (nSPS) is 14.5. The lowest BCUT2D eigenvalue weighted by Crippen LogP contribution is -2.35. The number of thiazole rings is 1. The molecule has 3 aromatic heterocycles. The van der Waals surface area contributed by atoms with Gasteiger partial charge in [0, 0.05) is 43.7 Å². The molecule has 1 fully saturated rings. The van der Waals surface area contributed by atoms with Crippen molar-refractivity contribution in [3.63, 3.8) is 0 Å². The molecule has 33 heavy (non-hydrogen) atoms. The first-order valence-electron chi connectivity index (χ1n) is 11.2. The Kier molecular flexibility index (Phi) is 6.25. The number of tetrazole rings is 1. The number of nitrogens with zero attached hydrogens (tertiary/aromatic N) is 7. The number of ether oxygens (including phenoxy) is 1. The number of piperidine rings is 1. The molecule has 0 unspecified atom stereocenters. The van der Waals surface area contributed by atoms with Crippen LogP contribution in [0.3, 0.4) is 0 Å². The fraction of sp³-hybridized carbons (Fsp3) is 0.391. The van der Waals surface area contributed by atoms with E-state index < -0.39 is 0 Å². The summed E-state index contributed by atoms with van der Waals surface area (Å²) in [6, 6.07) is 7.84. The van der Waals surface area contributed by atoms with E-state index in [1.807, 2.05) is 48.3 Å². The Morgan fingerprint density at radius 2 is 1.91 bits per heavy atom. The van der Waals surface area contributed by atoms with E-state index in [-0.39, 0.29) is 0 Å². The van der Waals surface area contributed by atoms with Gasteiger partial charge in [0.2, 0.25) is 5.95 Å². The molecule has 5 rings (SSSR count). The summed E-state index contributed by atoms with van der Waals surface area (Å²) < 4.78 is 7.77. The summed E-state index contributed by atoms with van der Waals surface area (Å²) in [5.74, 6) is 2.92. The van der Waals surface area contributed by atoms with E-state index in [1.54, 1.807) is 11.3 Å². The van der Waals surface area contributed by atoms with Crippen LogP contribution >= 0.6 is 11.3 Å². The van der Waals surface area contributed by atoms with E-state index in [4.69, 9.17) is 9.72 Å². The van der Waals surface area contributed by atoms with E-state index in [0.717, 1.165) is 61.3 Å². The Morgan fingerprint density at radius 1 is 1.15 bits per heavy atom. The third kappa shape index (κ3) is 4.85. The van der Waals surface area contributed by atoms with Gasteiger partial charge in [-0.2, -0.15) is 0 Å². The maximum Gasteiger partial charge on any atom is 0.302 e. The van der Waals surface area contributed by atoms with E-state index in [0.29, 0.717) is 12.5 Å². The van der Waals surface area contributed by atoms with Gasteiger partial charge in [-0.3, -0.25) is 0 Å². The highest BCUT2D eigenvalue weighted by atomic mass is 32.1. The fourth-order valence-corrected chi connectivity index (χ4v) is 4.92. The number of hydrogen-bond donors (Lipinski definition) is 1. The first kappa shape index (κ1) is 21.4. The topological polar surface area (TPSA) is 96.6 Å². The molecule has 0 amide bonds. The number of rotatable bonds is 7. The monoisotopic (exact) mass is 463 g/mol. The number of benzene rings is 1. The molecule has 4 heterocycles. The molecule has 0 spiro atoms. The van der Waals surface area contributed by atoms with Gasteiger partial charge < -0.3 is 9.64 Å². The summed E-state index contributed by atoms with van der Waals surface area (Å²) in [5, 5.41) is 13.9. The highest BCUT2D eigenvalue weighted by Gasteiger charge is 2.24. The lowest BCUT2D eigenvalue weighted by atomic mass is 9.98. The van der Waals surface area contributed by atoms with Crippen molar-refractivity contribution in [2.24, 2.45) is 0 Å². The van der Waals surface area contributed by atoms with Crippen molar-refractivity contribution in [3.05, 3.63) is 64.1 Å². The third-order valence-electron chi connectivity index (χ3n) is 5.94. The summed E-state index contributed by atoms with van der Waals surface area (Å²) in [7, 11) is 0. The number of aromatic nitrogens is 7. The van der Waals surface area contributed by atoms with Gasteiger partial charge in [-0.25, -0.2) is 15.0 Å². The van der Waals surface area contributed by atoms with Crippen molar-refractivity contribution in [2.75, 3.05) is 18.0 Å². The molecular weight excluding hydrogens is 436 g/mol. The summed E-state index contributed by atoms with van der Waals surface area (Å²) in [5.41, 5.74) is 3.10. The molecule has 0 saturated carbocycles. The summed E-state index contributed by atoms with van der Waals surface area (Å²) in [6.07, 6.45) is 6.96. The molecular formula is C23H27N8OS+.